The van der Waals surface area contributed by atoms with Gasteiger partial charge < -0.3 is 10.1 Å². The van der Waals surface area contributed by atoms with Crippen LogP contribution in [-0.2, 0) is 12.8 Å². The number of fused-ring (bicyclic) bond motifs is 3. The number of thiophene rings is 1. The second-order valence-corrected chi connectivity index (χ2v) is 9.08. The van der Waals surface area contributed by atoms with Crippen molar-refractivity contribution in [2.24, 2.45) is 0 Å². The smallest absolute Gasteiger partial charge is 0.138 e. The van der Waals surface area contributed by atoms with Gasteiger partial charge in [-0.05, 0) is 63.2 Å². The summed E-state index contributed by atoms with van der Waals surface area (Å²) in [4.78, 5) is 14.4. The number of aryl methyl sites for hydroxylation is 2. The largest absolute Gasteiger partial charge is 0.496 e. The molecule has 0 amide bonds. The van der Waals surface area contributed by atoms with Gasteiger partial charge in [0.1, 0.15) is 22.7 Å². The lowest BCUT2D eigenvalue weighted by Crippen LogP contribution is -2.31. The molecular formula is C23H28N4OS. The van der Waals surface area contributed by atoms with Crippen molar-refractivity contribution in [2.75, 3.05) is 32.1 Å². The SMILES string of the molecule is COc1ccccc1[C@@H](CNc1ncnc2sc3c(c12)CCCC3)N1CCCC1. The van der Waals surface area contributed by atoms with Crippen LogP contribution in [0.1, 0.15) is 47.7 Å². The average molecular weight is 409 g/mol. The van der Waals surface area contributed by atoms with Crippen molar-refractivity contribution < 1.29 is 4.74 Å². The van der Waals surface area contributed by atoms with Crippen LogP contribution < -0.4 is 10.1 Å². The molecule has 5 nitrogen and oxygen atoms in total. The lowest BCUT2D eigenvalue weighted by molar-refractivity contribution is 0.249. The molecule has 2 aliphatic rings. The number of hydrogen-bond acceptors (Lipinski definition) is 6. The highest BCUT2D eigenvalue weighted by molar-refractivity contribution is 7.19. The van der Waals surface area contributed by atoms with E-state index in [-0.39, 0.29) is 6.04 Å². The molecule has 29 heavy (non-hydrogen) atoms. The van der Waals surface area contributed by atoms with Crippen molar-refractivity contribution in [2.45, 2.75) is 44.6 Å². The molecule has 0 unspecified atom stereocenters. The molecule has 6 heteroatoms. The Kier molecular flexibility index (Phi) is 5.38. The third-order valence-corrected chi connectivity index (χ3v) is 7.49. The summed E-state index contributed by atoms with van der Waals surface area (Å²) < 4.78 is 5.69. The summed E-state index contributed by atoms with van der Waals surface area (Å²) in [5, 5.41) is 4.97. The molecule has 1 aromatic carbocycles. The van der Waals surface area contributed by atoms with Gasteiger partial charge in [0.2, 0.25) is 0 Å². The van der Waals surface area contributed by atoms with Gasteiger partial charge in [-0.2, -0.15) is 0 Å². The standard InChI is InChI=1S/C23H28N4OS/c1-28-19-10-4-2-8-16(19)18(27-12-6-7-13-27)14-24-22-21-17-9-3-5-11-20(17)29-23(21)26-15-25-22/h2,4,8,10,15,18H,3,5-7,9,11-14H2,1H3,(H,24,25,26)/t18-/m1/s1. The van der Waals surface area contributed by atoms with E-state index in [0.29, 0.717) is 0 Å². The number of hydrogen-bond donors (Lipinski definition) is 1. The van der Waals surface area contributed by atoms with E-state index in [9.17, 15) is 0 Å². The number of rotatable bonds is 6. The van der Waals surface area contributed by atoms with Crippen LogP contribution in [0.2, 0.25) is 0 Å². The predicted molar refractivity (Wildman–Crippen MR) is 119 cm³/mol. The van der Waals surface area contributed by atoms with Gasteiger partial charge in [-0.25, -0.2) is 9.97 Å². The summed E-state index contributed by atoms with van der Waals surface area (Å²) in [6.45, 7) is 3.09. The molecule has 1 N–H and O–H groups in total. The highest BCUT2D eigenvalue weighted by atomic mass is 32.1. The summed E-state index contributed by atoms with van der Waals surface area (Å²) in [6, 6.07) is 8.69. The van der Waals surface area contributed by atoms with Gasteiger partial charge in [-0.15, -0.1) is 11.3 Å². The van der Waals surface area contributed by atoms with Crippen molar-refractivity contribution in [3.05, 3.63) is 46.6 Å². The second-order valence-electron chi connectivity index (χ2n) is 8.00. The third kappa shape index (κ3) is 3.60. The fourth-order valence-electron chi connectivity index (χ4n) is 4.85. The molecule has 1 atom stereocenters. The summed E-state index contributed by atoms with van der Waals surface area (Å²) in [7, 11) is 1.76. The first-order valence-electron chi connectivity index (χ1n) is 10.7. The van der Waals surface area contributed by atoms with Crippen LogP contribution in [0.3, 0.4) is 0 Å². The normalized spacial score (nSPS) is 18.0. The number of aromatic nitrogens is 2. The number of nitrogens with zero attached hydrogens (tertiary/aromatic N) is 3. The van der Waals surface area contributed by atoms with Gasteiger partial charge in [0, 0.05) is 17.0 Å². The Morgan fingerprint density at radius 1 is 1.10 bits per heavy atom. The van der Waals surface area contributed by atoms with Gasteiger partial charge >= 0.3 is 0 Å². The van der Waals surface area contributed by atoms with E-state index in [0.717, 1.165) is 42.5 Å². The van der Waals surface area contributed by atoms with Gasteiger partial charge in [-0.1, -0.05) is 18.2 Å². The maximum absolute atomic E-state index is 5.69. The number of para-hydroxylation sites is 1. The van der Waals surface area contributed by atoms with Crippen LogP contribution in [-0.4, -0.2) is 41.6 Å². The van der Waals surface area contributed by atoms with Crippen molar-refractivity contribution >= 4 is 27.4 Å². The van der Waals surface area contributed by atoms with Crippen molar-refractivity contribution in [1.82, 2.24) is 14.9 Å². The molecule has 2 aromatic heterocycles. The first kappa shape index (κ1) is 18.8. The highest BCUT2D eigenvalue weighted by Gasteiger charge is 2.27. The first-order chi connectivity index (χ1) is 14.3. The zero-order chi connectivity index (χ0) is 19.6. The summed E-state index contributed by atoms with van der Waals surface area (Å²) in [5.74, 6) is 1.96. The molecule has 0 spiro atoms. The number of ether oxygens (including phenoxy) is 1. The maximum Gasteiger partial charge on any atom is 0.138 e. The van der Waals surface area contributed by atoms with E-state index in [4.69, 9.17) is 4.74 Å². The minimum atomic E-state index is 0.271. The van der Waals surface area contributed by atoms with Gasteiger partial charge in [-0.3, -0.25) is 4.90 Å². The van der Waals surface area contributed by atoms with E-state index in [2.05, 4.69) is 38.4 Å². The molecule has 0 saturated carbocycles. The molecule has 1 fully saturated rings. The van der Waals surface area contributed by atoms with E-state index >= 15 is 0 Å². The molecule has 0 bridgehead atoms. The Morgan fingerprint density at radius 3 is 2.79 bits per heavy atom. The van der Waals surface area contributed by atoms with Crippen molar-refractivity contribution in [1.29, 1.82) is 0 Å². The molecule has 0 radical (unpaired) electrons. The monoisotopic (exact) mass is 408 g/mol. The Balaban J connectivity index is 1.47. The summed E-state index contributed by atoms with van der Waals surface area (Å²) in [6.07, 6.45) is 9.14. The average Bonchev–Trinajstić information content (AvgIpc) is 3.42. The quantitative estimate of drug-likeness (QED) is 0.633. The lowest BCUT2D eigenvalue weighted by Gasteiger charge is -2.29. The second kappa shape index (κ2) is 8.28. The molecule has 1 saturated heterocycles. The lowest BCUT2D eigenvalue weighted by atomic mass is 9.97. The van der Waals surface area contributed by atoms with Gasteiger partial charge in [0.05, 0.1) is 18.5 Å². The van der Waals surface area contributed by atoms with Crippen molar-refractivity contribution in [3.63, 3.8) is 0 Å². The Labute approximate surface area is 176 Å². The molecule has 3 heterocycles. The highest BCUT2D eigenvalue weighted by Crippen LogP contribution is 2.39. The molecule has 5 rings (SSSR count). The zero-order valence-electron chi connectivity index (χ0n) is 17.0. The van der Waals surface area contributed by atoms with E-state index in [1.54, 1.807) is 13.4 Å². The van der Waals surface area contributed by atoms with Crippen LogP contribution in [0, 0.1) is 0 Å². The third-order valence-electron chi connectivity index (χ3n) is 6.29. The van der Waals surface area contributed by atoms with E-state index < -0.39 is 0 Å². The fraction of sp³-hybridized carbons (Fsp3) is 0.478. The van der Waals surface area contributed by atoms with Crippen LogP contribution in [0.4, 0.5) is 5.82 Å². The molecule has 1 aliphatic carbocycles. The number of anilines is 1. The van der Waals surface area contributed by atoms with Crippen LogP contribution in [0.5, 0.6) is 5.75 Å². The molecule has 152 valence electrons. The van der Waals surface area contributed by atoms with E-state index in [1.807, 2.05) is 17.4 Å². The number of nitrogens with one attached hydrogen (secondary N) is 1. The summed E-state index contributed by atoms with van der Waals surface area (Å²) in [5.41, 5.74) is 2.73. The fourth-order valence-corrected chi connectivity index (χ4v) is 6.08. The number of benzene rings is 1. The molecule has 1 aliphatic heterocycles. The predicted octanol–water partition coefficient (Wildman–Crippen LogP) is 4.83. The van der Waals surface area contributed by atoms with Crippen LogP contribution >= 0.6 is 11.3 Å². The zero-order valence-corrected chi connectivity index (χ0v) is 17.8. The number of likely N-dealkylation sites (tertiary alicyclic amines) is 1. The Bertz CT molecular complexity index is 996. The van der Waals surface area contributed by atoms with E-state index in [1.165, 1.54) is 53.5 Å². The minimum Gasteiger partial charge on any atom is -0.496 e. The van der Waals surface area contributed by atoms with Gasteiger partial charge in [0.25, 0.3) is 0 Å². The Hall–Kier alpha value is -2.18. The first-order valence-corrected chi connectivity index (χ1v) is 11.5. The minimum absolute atomic E-state index is 0.271. The molecular weight excluding hydrogens is 380 g/mol. The number of methoxy groups -OCH3 is 1. The Morgan fingerprint density at radius 2 is 1.93 bits per heavy atom. The van der Waals surface area contributed by atoms with Gasteiger partial charge in [0.15, 0.2) is 0 Å². The van der Waals surface area contributed by atoms with Crippen LogP contribution in [0.15, 0.2) is 30.6 Å². The molecule has 3 aromatic rings. The van der Waals surface area contributed by atoms with Crippen LogP contribution in [0.25, 0.3) is 10.2 Å². The maximum atomic E-state index is 5.69. The topological polar surface area (TPSA) is 50.3 Å². The van der Waals surface area contributed by atoms with Crippen molar-refractivity contribution in [3.8, 4) is 5.75 Å². The summed E-state index contributed by atoms with van der Waals surface area (Å²) >= 11 is 1.85.